The highest BCUT2D eigenvalue weighted by molar-refractivity contribution is 5.95. The molecule has 1 saturated carbocycles. The van der Waals surface area contributed by atoms with Gasteiger partial charge in [0.1, 0.15) is 17.5 Å². The molecule has 2 aliphatic rings. The number of hydrogen-bond acceptors (Lipinski definition) is 6. The summed E-state index contributed by atoms with van der Waals surface area (Å²) in [5, 5.41) is 5.35. The van der Waals surface area contributed by atoms with E-state index < -0.39 is 41.4 Å². The quantitative estimate of drug-likeness (QED) is 0.494. The van der Waals surface area contributed by atoms with E-state index in [4.69, 9.17) is 10.5 Å². The summed E-state index contributed by atoms with van der Waals surface area (Å²) in [6.07, 6.45) is 4.36. The highest BCUT2D eigenvalue weighted by Gasteiger charge is 2.34. The second-order valence-corrected chi connectivity index (χ2v) is 11.7. The lowest BCUT2D eigenvalue weighted by atomic mass is 9.84. The summed E-state index contributed by atoms with van der Waals surface area (Å²) in [5.74, 6) is -1.72. The Balaban J connectivity index is 1.75. The topological polar surface area (TPSA) is 117 Å². The maximum Gasteiger partial charge on any atom is 0.408 e. The summed E-state index contributed by atoms with van der Waals surface area (Å²) in [4.78, 5) is 42.7. The average Bonchev–Trinajstić information content (AvgIpc) is 2.87. The molecule has 0 spiro atoms. The molecule has 3 amide bonds. The second kappa shape index (κ2) is 12.9. The molecule has 1 aliphatic heterocycles. The molecule has 1 aromatic rings. The van der Waals surface area contributed by atoms with Gasteiger partial charge in [-0.1, -0.05) is 32.3 Å². The van der Waals surface area contributed by atoms with Crippen LogP contribution in [0.5, 0.6) is 0 Å². The molecule has 3 atom stereocenters. The molecule has 0 unspecified atom stereocenters. The van der Waals surface area contributed by atoms with Crippen molar-refractivity contribution in [2.75, 3.05) is 38.5 Å². The number of nitrogens with one attached hydrogen (secondary N) is 2. The minimum Gasteiger partial charge on any atom is -0.444 e. The van der Waals surface area contributed by atoms with E-state index in [-0.39, 0.29) is 17.5 Å². The normalized spacial score (nSPS) is 19.8. The molecule has 0 bridgehead atoms. The number of nitrogens with zero attached hydrogens (tertiary/aromatic N) is 2. The number of rotatable bonds is 7. The number of halogens is 1. The maximum absolute atomic E-state index is 15.2. The Bertz CT molecular complexity index is 984. The van der Waals surface area contributed by atoms with Crippen LogP contribution in [0, 0.1) is 11.7 Å². The van der Waals surface area contributed by atoms with Gasteiger partial charge in [0.05, 0.1) is 11.7 Å². The third-order valence-corrected chi connectivity index (χ3v) is 7.49. The van der Waals surface area contributed by atoms with Crippen LogP contribution in [0.25, 0.3) is 0 Å². The smallest absolute Gasteiger partial charge is 0.408 e. The molecule has 4 N–H and O–H groups in total. The molecule has 1 aliphatic carbocycles. The van der Waals surface area contributed by atoms with E-state index in [2.05, 4.69) is 15.5 Å². The predicted molar refractivity (Wildman–Crippen MR) is 145 cm³/mol. The van der Waals surface area contributed by atoms with Gasteiger partial charge in [0.25, 0.3) is 0 Å². The molecular weight excluding hydrogens is 489 g/mol. The number of piperazine rings is 1. The SMILES string of the molecule is C[C@@H](c1ccc(NC(=O)[C@@H](N)C2CCCCC2)c(F)c1)[C@@H](NC(=O)OC(C)(C)C)C(=O)N1CCN(C)CC1. The minimum absolute atomic E-state index is 0.0410. The van der Waals surface area contributed by atoms with E-state index in [0.717, 1.165) is 45.2 Å². The molecule has 0 radical (unpaired) electrons. The molecular formula is C28H44FN5O4. The van der Waals surface area contributed by atoms with Crippen LogP contribution < -0.4 is 16.4 Å². The van der Waals surface area contributed by atoms with Crippen molar-refractivity contribution in [3.63, 3.8) is 0 Å². The van der Waals surface area contributed by atoms with Crippen LogP contribution in [0.15, 0.2) is 18.2 Å². The zero-order valence-corrected chi connectivity index (χ0v) is 23.4. The van der Waals surface area contributed by atoms with E-state index in [9.17, 15) is 14.4 Å². The molecule has 0 aromatic heterocycles. The number of anilines is 1. The summed E-state index contributed by atoms with van der Waals surface area (Å²) in [6, 6.07) is 2.81. The molecule has 38 heavy (non-hydrogen) atoms. The van der Waals surface area contributed by atoms with Gasteiger partial charge >= 0.3 is 6.09 Å². The third kappa shape index (κ3) is 8.14. The standard InChI is InChI=1S/C28H44FN5O4/c1-18(24(32-27(37)38-28(2,3)4)26(36)34-15-13-33(5)14-16-34)20-11-12-22(21(29)17-20)31-25(35)23(30)19-9-7-6-8-10-19/h11-12,17-19,23-24H,6-10,13-16,30H2,1-5H3,(H,31,35)(H,32,37)/t18-,23-,24+/m0/s1. The number of hydrogen-bond donors (Lipinski definition) is 3. The molecule has 3 rings (SSSR count). The Morgan fingerprint density at radius 2 is 1.71 bits per heavy atom. The maximum atomic E-state index is 15.2. The van der Waals surface area contributed by atoms with Crippen molar-refractivity contribution >= 4 is 23.6 Å². The first-order valence-electron chi connectivity index (χ1n) is 13.7. The van der Waals surface area contributed by atoms with Crippen molar-refractivity contribution in [3.8, 4) is 0 Å². The van der Waals surface area contributed by atoms with Gasteiger partial charge in [-0.25, -0.2) is 9.18 Å². The second-order valence-electron chi connectivity index (χ2n) is 11.7. The van der Waals surface area contributed by atoms with Gasteiger partial charge in [0.2, 0.25) is 11.8 Å². The largest absolute Gasteiger partial charge is 0.444 e. The number of nitrogens with two attached hydrogens (primary N) is 1. The van der Waals surface area contributed by atoms with Crippen molar-refractivity contribution in [1.29, 1.82) is 0 Å². The first kappa shape index (κ1) is 29.8. The summed E-state index contributed by atoms with van der Waals surface area (Å²) in [7, 11) is 1.99. The van der Waals surface area contributed by atoms with Crippen LogP contribution >= 0.6 is 0 Å². The van der Waals surface area contributed by atoms with Crippen molar-refractivity contribution in [1.82, 2.24) is 15.1 Å². The summed E-state index contributed by atoms with van der Waals surface area (Å²) in [5.41, 5.74) is 6.00. The number of alkyl carbamates (subject to hydrolysis) is 1. The number of carbonyl (C=O) groups excluding carboxylic acids is 3. The highest BCUT2D eigenvalue weighted by atomic mass is 19.1. The Hall–Kier alpha value is -2.72. The van der Waals surface area contributed by atoms with Gasteiger partial charge < -0.3 is 30.9 Å². The number of amides is 3. The van der Waals surface area contributed by atoms with Crippen LogP contribution in [-0.4, -0.2) is 78.6 Å². The van der Waals surface area contributed by atoms with Gasteiger partial charge in [-0.2, -0.15) is 0 Å². The summed E-state index contributed by atoms with van der Waals surface area (Å²) in [6.45, 7) is 9.53. The van der Waals surface area contributed by atoms with Gasteiger partial charge in [-0.05, 0) is 64.3 Å². The molecule has 1 saturated heterocycles. The van der Waals surface area contributed by atoms with Gasteiger partial charge in [0.15, 0.2) is 0 Å². The summed E-state index contributed by atoms with van der Waals surface area (Å²) < 4.78 is 20.6. The van der Waals surface area contributed by atoms with E-state index in [1.54, 1.807) is 38.7 Å². The Morgan fingerprint density at radius 1 is 1.08 bits per heavy atom. The van der Waals surface area contributed by atoms with Crippen LogP contribution in [0.1, 0.15) is 71.3 Å². The van der Waals surface area contributed by atoms with E-state index in [1.807, 2.05) is 7.05 Å². The van der Waals surface area contributed by atoms with Crippen molar-refractivity contribution in [3.05, 3.63) is 29.6 Å². The predicted octanol–water partition coefficient (Wildman–Crippen LogP) is 3.44. The van der Waals surface area contributed by atoms with Crippen LogP contribution in [0.3, 0.4) is 0 Å². The zero-order valence-electron chi connectivity index (χ0n) is 23.4. The van der Waals surface area contributed by atoms with E-state index >= 15 is 4.39 Å². The van der Waals surface area contributed by atoms with Gasteiger partial charge in [0, 0.05) is 32.1 Å². The Morgan fingerprint density at radius 3 is 2.29 bits per heavy atom. The van der Waals surface area contributed by atoms with Crippen LogP contribution in [0.2, 0.25) is 0 Å². The fraction of sp³-hybridized carbons (Fsp3) is 0.679. The molecule has 212 valence electrons. The van der Waals surface area contributed by atoms with Crippen molar-refractivity contribution in [2.45, 2.75) is 83.4 Å². The minimum atomic E-state index is -0.951. The first-order valence-corrected chi connectivity index (χ1v) is 13.7. The first-order chi connectivity index (χ1) is 17.9. The van der Waals surface area contributed by atoms with E-state index in [0.29, 0.717) is 18.7 Å². The Kier molecular flexibility index (Phi) is 10.1. The molecule has 1 aromatic carbocycles. The zero-order chi connectivity index (χ0) is 28.0. The number of carbonyl (C=O) groups is 3. The number of likely N-dealkylation sites (N-methyl/N-ethyl adjacent to an activating group) is 1. The lowest BCUT2D eigenvalue weighted by molar-refractivity contribution is -0.135. The van der Waals surface area contributed by atoms with Gasteiger partial charge in [-0.15, -0.1) is 0 Å². The van der Waals surface area contributed by atoms with Crippen molar-refractivity contribution < 1.29 is 23.5 Å². The van der Waals surface area contributed by atoms with E-state index in [1.165, 1.54) is 12.1 Å². The summed E-state index contributed by atoms with van der Waals surface area (Å²) >= 11 is 0. The number of benzene rings is 1. The Labute approximate surface area is 225 Å². The monoisotopic (exact) mass is 533 g/mol. The highest BCUT2D eigenvalue weighted by Crippen LogP contribution is 2.28. The third-order valence-electron chi connectivity index (χ3n) is 7.49. The molecule has 2 fully saturated rings. The lowest BCUT2D eigenvalue weighted by Crippen LogP contribution is -2.56. The van der Waals surface area contributed by atoms with Crippen LogP contribution in [-0.2, 0) is 14.3 Å². The molecule has 1 heterocycles. The molecule has 10 heteroatoms. The lowest BCUT2D eigenvalue weighted by Gasteiger charge is -2.36. The van der Waals surface area contributed by atoms with Crippen molar-refractivity contribution in [2.24, 2.45) is 11.7 Å². The number of ether oxygens (including phenoxy) is 1. The average molecular weight is 534 g/mol. The van der Waals surface area contributed by atoms with Crippen LogP contribution in [0.4, 0.5) is 14.9 Å². The fourth-order valence-corrected chi connectivity index (χ4v) is 5.09. The molecule has 9 nitrogen and oxygen atoms in total. The van der Waals surface area contributed by atoms with Gasteiger partial charge in [-0.3, -0.25) is 9.59 Å². The fourth-order valence-electron chi connectivity index (χ4n) is 5.09.